The fourth-order valence-corrected chi connectivity index (χ4v) is 11.6. The molecule has 0 spiro atoms. The maximum absolute atomic E-state index is 3.44. The van der Waals surface area contributed by atoms with E-state index >= 15 is 0 Å². The van der Waals surface area contributed by atoms with Gasteiger partial charge in [-0.3, -0.25) is 0 Å². The van der Waals surface area contributed by atoms with Gasteiger partial charge in [0.25, 0.3) is 0 Å². The summed E-state index contributed by atoms with van der Waals surface area (Å²) >= 11 is 3.44. The van der Waals surface area contributed by atoms with Crippen LogP contribution in [-0.2, 0) is 19.2 Å². The second-order valence-electron chi connectivity index (χ2n) is 7.36. The normalized spacial score (nSPS) is 10.7. The van der Waals surface area contributed by atoms with Crippen LogP contribution in [0.2, 0.25) is 4.89 Å². The molecule has 0 unspecified atom stereocenters. The molecule has 0 amide bonds. The van der Waals surface area contributed by atoms with Crippen LogP contribution >= 0.6 is 15.8 Å². The molecule has 4 rings (SSSR count). The first-order chi connectivity index (χ1) is 15.4. The molecule has 0 radical (unpaired) electrons. The van der Waals surface area contributed by atoms with Crippen LogP contribution in [0.15, 0.2) is 121 Å². The van der Waals surface area contributed by atoms with Gasteiger partial charge in [0.05, 0.1) is 0 Å². The first kappa shape index (κ1) is 28.2. The van der Waals surface area contributed by atoms with E-state index in [1.54, 1.807) is 0 Å². The van der Waals surface area contributed by atoms with Crippen LogP contribution in [0.5, 0.6) is 0 Å². The number of hydrogen-bond donors (Lipinski definition) is 0. The topological polar surface area (TPSA) is 0 Å². The van der Waals surface area contributed by atoms with Crippen molar-refractivity contribution in [3.8, 4) is 0 Å². The first-order valence-corrected chi connectivity index (χ1v) is 14.6. The molecular formula is C28H27Cl2P2Pd. The van der Waals surface area contributed by atoms with Crippen LogP contribution in [0, 0.1) is 0 Å². The Labute approximate surface area is 224 Å². The molecule has 4 aromatic rings. The number of rotatable bonds is 9. The Morgan fingerprint density at radius 2 is 0.758 bits per heavy atom. The molecule has 173 valence electrons. The molecule has 0 saturated carbocycles. The Morgan fingerprint density at radius 3 is 1.00 bits per heavy atom. The average Bonchev–Trinajstić information content (AvgIpc) is 2.85. The monoisotopic (exact) mass is 601 g/mol. The van der Waals surface area contributed by atoms with Crippen molar-refractivity contribution in [2.24, 2.45) is 0 Å². The summed E-state index contributed by atoms with van der Waals surface area (Å²) in [5.41, 5.74) is 0. The molecule has 0 saturated heterocycles. The first-order valence-electron chi connectivity index (χ1n) is 10.7. The Bertz CT molecular complexity index is 872. The van der Waals surface area contributed by atoms with Crippen molar-refractivity contribution in [1.29, 1.82) is 0 Å². The van der Waals surface area contributed by atoms with Gasteiger partial charge < -0.3 is 24.8 Å². The summed E-state index contributed by atoms with van der Waals surface area (Å²) in [4.78, 5) is 1.08. The van der Waals surface area contributed by atoms with E-state index in [9.17, 15) is 0 Å². The Balaban J connectivity index is 0.00000193. The second kappa shape index (κ2) is 15.1. The van der Waals surface area contributed by atoms with Crippen molar-refractivity contribution < 1.29 is 44.0 Å². The van der Waals surface area contributed by atoms with Crippen LogP contribution in [0.3, 0.4) is 0 Å². The van der Waals surface area contributed by atoms with Gasteiger partial charge in [0.1, 0.15) is 0 Å². The molecule has 0 bridgehead atoms. The quantitative estimate of drug-likeness (QED) is 0.192. The molecule has 5 heteroatoms. The molecule has 0 atom stereocenters. The Kier molecular flexibility index (Phi) is 12.9. The third kappa shape index (κ3) is 7.48. The summed E-state index contributed by atoms with van der Waals surface area (Å²) in [6.07, 6.45) is 2.41. The van der Waals surface area contributed by atoms with Crippen LogP contribution in [0.1, 0.15) is 12.8 Å². The minimum atomic E-state index is -0.500. The van der Waals surface area contributed by atoms with Crippen LogP contribution < -0.4 is 46.0 Å². The summed E-state index contributed by atoms with van der Waals surface area (Å²) in [7, 11) is -1.00. The predicted octanol–water partition coefficient (Wildman–Crippen LogP) is 0.332. The summed E-state index contributed by atoms with van der Waals surface area (Å²) < 4.78 is 0. The molecule has 0 aromatic heterocycles. The van der Waals surface area contributed by atoms with Gasteiger partial charge in [-0.05, 0) is 0 Å². The van der Waals surface area contributed by atoms with Gasteiger partial charge in [-0.1, -0.05) is 0 Å². The van der Waals surface area contributed by atoms with Gasteiger partial charge in [-0.25, -0.2) is 0 Å². The third-order valence-electron chi connectivity index (χ3n) is 5.31. The van der Waals surface area contributed by atoms with Gasteiger partial charge in [0, 0.05) is 0 Å². The average molecular weight is 603 g/mol. The molecule has 0 heterocycles. The second-order valence-corrected chi connectivity index (χ2v) is 13.3. The molecule has 0 aliphatic heterocycles. The van der Waals surface area contributed by atoms with E-state index in [1.165, 1.54) is 34.1 Å². The molecule has 0 nitrogen and oxygen atoms in total. The van der Waals surface area contributed by atoms with Crippen molar-refractivity contribution in [1.82, 2.24) is 0 Å². The third-order valence-corrected chi connectivity index (χ3v) is 12.4. The van der Waals surface area contributed by atoms with Crippen LogP contribution in [0.4, 0.5) is 0 Å². The standard InChI is InChI=1S/C28H27P2.2ClH.Pd/c1-2-15-28(29(24-16-7-3-8-17-24)25-18-9-4-10-19-25)30(26-20-11-5-12-21-26)27-22-13-6-14-23-27;;;/h3-14,16-23,28H,1-2,15H2;2*1H;/q;;;+2/p-2. The van der Waals surface area contributed by atoms with Gasteiger partial charge in [0.2, 0.25) is 0 Å². The molecule has 0 N–H and O–H groups in total. The van der Waals surface area contributed by atoms with E-state index in [-0.39, 0.29) is 24.8 Å². The van der Waals surface area contributed by atoms with E-state index in [0.29, 0.717) is 5.40 Å². The number of benzene rings is 4. The van der Waals surface area contributed by atoms with Crippen LogP contribution in [-0.4, -0.2) is 5.40 Å². The van der Waals surface area contributed by atoms with E-state index < -0.39 is 15.8 Å². The van der Waals surface area contributed by atoms with E-state index in [4.69, 9.17) is 0 Å². The van der Waals surface area contributed by atoms with E-state index in [2.05, 4.69) is 141 Å². The number of hydrogen-bond acceptors (Lipinski definition) is 0. The zero-order valence-corrected chi connectivity index (χ0v) is 23.1. The minimum absolute atomic E-state index is 0. The van der Waals surface area contributed by atoms with Gasteiger partial charge in [-0.2, -0.15) is 0 Å². The molecule has 0 aliphatic rings. The maximum atomic E-state index is 3.44. The predicted molar refractivity (Wildman–Crippen MR) is 136 cm³/mol. The number of halogens is 2. The van der Waals surface area contributed by atoms with Crippen molar-refractivity contribution in [3.05, 3.63) is 121 Å². The Morgan fingerprint density at radius 1 is 0.485 bits per heavy atom. The fraction of sp³-hybridized carbons (Fsp3) is 0.143. The molecule has 33 heavy (non-hydrogen) atoms. The molecular weight excluding hydrogens is 576 g/mol. The van der Waals surface area contributed by atoms with Crippen molar-refractivity contribution in [3.63, 3.8) is 0 Å². The van der Waals surface area contributed by atoms with E-state index in [0.717, 1.165) is 4.89 Å². The zero-order valence-electron chi connectivity index (χ0n) is 18.2. The zero-order chi connectivity index (χ0) is 21.3. The fourth-order valence-electron chi connectivity index (χ4n) is 3.96. The molecule has 4 aromatic carbocycles. The van der Waals surface area contributed by atoms with Crippen molar-refractivity contribution in [2.75, 3.05) is 0 Å². The van der Waals surface area contributed by atoms with Crippen molar-refractivity contribution in [2.45, 2.75) is 23.1 Å². The van der Waals surface area contributed by atoms with Gasteiger partial charge >= 0.3 is 201 Å². The van der Waals surface area contributed by atoms with Crippen molar-refractivity contribution >= 4 is 37.1 Å². The summed E-state index contributed by atoms with van der Waals surface area (Å²) in [5.74, 6) is 0. The summed E-state index contributed by atoms with van der Waals surface area (Å²) in [6, 6.07) is 44.8. The summed E-state index contributed by atoms with van der Waals surface area (Å²) in [6.45, 7) is 0. The van der Waals surface area contributed by atoms with Gasteiger partial charge in [-0.15, -0.1) is 0 Å². The van der Waals surface area contributed by atoms with E-state index in [1.807, 2.05) is 0 Å². The SMILES string of the molecule is [Cl-].[Cl-].[Pd+2][CH2]CCC(P(c1ccccc1)c1ccccc1)P(c1ccccc1)c1ccccc1. The Hall–Kier alpha value is -1.02. The van der Waals surface area contributed by atoms with Gasteiger partial charge in [0.15, 0.2) is 0 Å². The summed E-state index contributed by atoms with van der Waals surface area (Å²) in [5, 5.41) is 6.48. The molecule has 0 aliphatic carbocycles. The van der Waals surface area contributed by atoms with Crippen LogP contribution in [0.25, 0.3) is 0 Å². The molecule has 0 fully saturated rings.